The zero-order chi connectivity index (χ0) is 15.8. The van der Waals surface area contributed by atoms with Crippen LogP contribution in [0.2, 0.25) is 0 Å². The number of nitrogens with zero attached hydrogens (tertiary/aromatic N) is 2. The molecule has 5 nitrogen and oxygen atoms in total. The third-order valence-corrected chi connectivity index (χ3v) is 4.42. The molecule has 2 N–H and O–H groups in total. The minimum atomic E-state index is 0. The standard InChI is InChI=1S/C17H34N4O.HI/c1-4-18-17(19-10-5-11-22-13-14-6-7-14)20-12-16(21(2)3)15-8-9-15;/h14-16H,4-13H2,1-3H3,(H2,18,19,20);1H. The summed E-state index contributed by atoms with van der Waals surface area (Å²) in [4.78, 5) is 7.08. The molecule has 23 heavy (non-hydrogen) atoms. The molecule has 2 fully saturated rings. The highest BCUT2D eigenvalue weighted by molar-refractivity contribution is 14.0. The molecule has 1 atom stereocenters. The maximum atomic E-state index is 5.66. The number of hydrogen-bond donors (Lipinski definition) is 2. The molecule has 2 rings (SSSR count). The quantitative estimate of drug-likeness (QED) is 0.225. The van der Waals surface area contributed by atoms with Crippen LogP contribution in [0.25, 0.3) is 0 Å². The lowest BCUT2D eigenvalue weighted by molar-refractivity contribution is 0.123. The fourth-order valence-corrected chi connectivity index (χ4v) is 2.66. The second-order valence-corrected chi connectivity index (χ2v) is 6.89. The predicted octanol–water partition coefficient (Wildman–Crippen LogP) is 2.32. The predicted molar refractivity (Wildman–Crippen MR) is 108 cm³/mol. The number of rotatable bonds is 11. The molecule has 0 heterocycles. The van der Waals surface area contributed by atoms with Gasteiger partial charge in [0.05, 0.1) is 6.54 Å². The van der Waals surface area contributed by atoms with Crippen molar-refractivity contribution in [1.82, 2.24) is 15.5 Å². The molecule has 6 heteroatoms. The van der Waals surface area contributed by atoms with Crippen molar-refractivity contribution >= 4 is 29.9 Å². The zero-order valence-corrected chi connectivity index (χ0v) is 17.3. The third kappa shape index (κ3) is 9.10. The van der Waals surface area contributed by atoms with Gasteiger partial charge < -0.3 is 20.3 Å². The van der Waals surface area contributed by atoms with Gasteiger partial charge in [-0.25, -0.2) is 0 Å². The van der Waals surface area contributed by atoms with Crippen LogP contribution < -0.4 is 10.6 Å². The summed E-state index contributed by atoms with van der Waals surface area (Å²) < 4.78 is 5.66. The molecular formula is C17H35IN4O. The molecule has 0 amide bonds. The third-order valence-electron chi connectivity index (χ3n) is 4.42. The van der Waals surface area contributed by atoms with Gasteiger partial charge in [0.25, 0.3) is 0 Å². The first-order chi connectivity index (χ1) is 10.7. The van der Waals surface area contributed by atoms with Gasteiger partial charge in [-0.1, -0.05) is 0 Å². The van der Waals surface area contributed by atoms with E-state index in [1.807, 2.05) is 0 Å². The van der Waals surface area contributed by atoms with Gasteiger partial charge in [0.1, 0.15) is 0 Å². The van der Waals surface area contributed by atoms with Crippen molar-refractivity contribution in [3.63, 3.8) is 0 Å². The Bertz CT molecular complexity index is 341. The summed E-state index contributed by atoms with van der Waals surface area (Å²) in [5.74, 6) is 2.65. The van der Waals surface area contributed by atoms with E-state index in [2.05, 4.69) is 36.6 Å². The van der Waals surface area contributed by atoms with Crippen LogP contribution >= 0.6 is 24.0 Å². The van der Waals surface area contributed by atoms with Crippen LogP contribution in [-0.2, 0) is 4.74 Å². The molecule has 136 valence electrons. The maximum absolute atomic E-state index is 5.66. The maximum Gasteiger partial charge on any atom is 0.191 e. The van der Waals surface area contributed by atoms with Crippen LogP contribution in [0.3, 0.4) is 0 Å². The number of hydrogen-bond acceptors (Lipinski definition) is 3. The van der Waals surface area contributed by atoms with Crippen molar-refractivity contribution in [3.8, 4) is 0 Å². The molecule has 0 saturated heterocycles. The van der Waals surface area contributed by atoms with Gasteiger partial charge in [0, 0.05) is 32.3 Å². The van der Waals surface area contributed by atoms with E-state index in [0.717, 1.165) is 57.1 Å². The highest BCUT2D eigenvalue weighted by Crippen LogP contribution is 2.34. The second-order valence-electron chi connectivity index (χ2n) is 6.89. The van der Waals surface area contributed by atoms with Crippen molar-refractivity contribution in [2.24, 2.45) is 16.8 Å². The first-order valence-electron chi connectivity index (χ1n) is 8.97. The summed E-state index contributed by atoms with van der Waals surface area (Å²) in [5, 5.41) is 6.75. The van der Waals surface area contributed by atoms with E-state index >= 15 is 0 Å². The topological polar surface area (TPSA) is 48.9 Å². The lowest BCUT2D eigenvalue weighted by atomic mass is 10.2. The Balaban J connectivity index is 0.00000264. The van der Waals surface area contributed by atoms with E-state index in [4.69, 9.17) is 9.73 Å². The second kappa shape index (κ2) is 11.5. The normalized spacial score (nSPS) is 19.4. The molecule has 0 spiro atoms. The van der Waals surface area contributed by atoms with Gasteiger partial charge in [0.15, 0.2) is 5.96 Å². The molecule has 0 radical (unpaired) electrons. The largest absolute Gasteiger partial charge is 0.381 e. The summed E-state index contributed by atoms with van der Waals surface area (Å²) in [7, 11) is 4.33. The van der Waals surface area contributed by atoms with Crippen LogP contribution in [0.4, 0.5) is 0 Å². The molecule has 2 aliphatic rings. The first kappa shape index (κ1) is 21.0. The number of nitrogens with one attached hydrogen (secondary N) is 2. The van der Waals surface area contributed by atoms with Gasteiger partial charge in [-0.05, 0) is 65.0 Å². The molecule has 0 bridgehead atoms. The fraction of sp³-hybridized carbons (Fsp3) is 0.941. The monoisotopic (exact) mass is 438 g/mol. The number of likely N-dealkylation sites (N-methyl/N-ethyl adjacent to an activating group) is 1. The SMILES string of the molecule is CCNC(=NCC(C1CC1)N(C)C)NCCCOCC1CC1.I. The molecular weight excluding hydrogens is 403 g/mol. The molecule has 2 saturated carbocycles. The Morgan fingerprint density at radius 2 is 1.96 bits per heavy atom. The Morgan fingerprint density at radius 1 is 1.22 bits per heavy atom. The van der Waals surface area contributed by atoms with Crippen molar-refractivity contribution in [3.05, 3.63) is 0 Å². The lowest BCUT2D eigenvalue weighted by Crippen LogP contribution is -2.40. The van der Waals surface area contributed by atoms with Gasteiger partial charge in [-0.15, -0.1) is 24.0 Å². The van der Waals surface area contributed by atoms with Crippen LogP contribution in [0.1, 0.15) is 39.0 Å². The molecule has 0 aromatic heterocycles. The molecule has 0 aromatic rings. The number of guanidine groups is 1. The first-order valence-corrected chi connectivity index (χ1v) is 8.97. The van der Waals surface area contributed by atoms with E-state index in [-0.39, 0.29) is 24.0 Å². The van der Waals surface area contributed by atoms with E-state index in [1.54, 1.807) is 0 Å². The average Bonchev–Trinajstić information content (AvgIpc) is 3.36. The molecule has 2 aliphatic carbocycles. The number of halogens is 1. The van der Waals surface area contributed by atoms with E-state index < -0.39 is 0 Å². The summed E-state index contributed by atoms with van der Waals surface area (Å²) >= 11 is 0. The lowest BCUT2D eigenvalue weighted by Gasteiger charge is -2.23. The average molecular weight is 438 g/mol. The minimum absolute atomic E-state index is 0. The molecule has 0 aliphatic heterocycles. The summed E-state index contributed by atoms with van der Waals surface area (Å²) in [6.45, 7) is 6.63. The zero-order valence-electron chi connectivity index (χ0n) is 15.0. The van der Waals surface area contributed by atoms with Crippen molar-refractivity contribution < 1.29 is 4.74 Å². The number of aliphatic imine (C=N–C) groups is 1. The van der Waals surface area contributed by atoms with Crippen LogP contribution in [0, 0.1) is 11.8 Å². The molecule has 1 unspecified atom stereocenters. The highest BCUT2D eigenvalue weighted by Gasteiger charge is 2.32. The van der Waals surface area contributed by atoms with Gasteiger partial charge >= 0.3 is 0 Å². The summed E-state index contributed by atoms with van der Waals surface area (Å²) in [6, 6.07) is 0.581. The Labute approximate surface area is 159 Å². The van der Waals surface area contributed by atoms with Crippen molar-refractivity contribution in [2.75, 3.05) is 46.9 Å². The Kier molecular flexibility index (Phi) is 10.5. The Hall–Kier alpha value is -0.0800. The van der Waals surface area contributed by atoms with Crippen molar-refractivity contribution in [1.29, 1.82) is 0 Å². The van der Waals surface area contributed by atoms with E-state index in [0.29, 0.717) is 6.04 Å². The summed E-state index contributed by atoms with van der Waals surface area (Å²) in [5.41, 5.74) is 0. The van der Waals surface area contributed by atoms with Crippen LogP contribution in [0.15, 0.2) is 4.99 Å². The van der Waals surface area contributed by atoms with E-state index in [1.165, 1.54) is 25.7 Å². The van der Waals surface area contributed by atoms with Gasteiger partial charge in [0.2, 0.25) is 0 Å². The highest BCUT2D eigenvalue weighted by atomic mass is 127. The molecule has 0 aromatic carbocycles. The number of ether oxygens (including phenoxy) is 1. The van der Waals surface area contributed by atoms with Crippen molar-refractivity contribution in [2.45, 2.75) is 45.1 Å². The fourth-order valence-electron chi connectivity index (χ4n) is 2.66. The smallest absolute Gasteiger partial charge is 0.191 e. The minimum Gasteiger partial charge on any atom is -0.381 e. The van der Waals surface area contributed by atoms with Gasteiger partial charge in [-0.3, -0.25) is 4.99 Å². The Morgan fingerprint density at radius 3 is 2.52 bits per heavy atom. The summed E-state index contributed by atoms with van der Waals surface area (Å²) in [6.07, 6.45) is 6.49. The van der Waals surface area contributed by atoms with Gasteiger partial charge in [-0.2, -0.15) is 0 Å². The van der Waals surface area contributed by atoms with E-state index in [9.17, 15) is 0 Å². The van der Waals surface area contributed by atoms with Crippen LogP contribution in [0.5, 0.6) is 0 Å². The van der Waals surface area contributed by atoms with Crippen LogP contribution in [-0.4, -0.2) is 63.8 Å².